The van der Waals surface area contributed by atoms with Crippen LogP contribution in [-0.4, -0.2) is 22.0 Å². The summed E-state index contributed by atoms with van der Waals surface area (Å²) in [6.45, 7) is 1.69. The zero-order valence-corrected chi connectivity index (χ0v) is 17.8. The van der Waals surface area contributed by atoms with Gasteiger partial charge < -0.3 is 10.2 Å². The van der Waals surface area contributed by atoms with Crippen LogP contribution in [0.15, 0.2) is 59.8 Å². The average Bonchev–Trinajstić information content (AvgIpc) is 2.76. The molecular weight excluding hydrogens is 439 g/mol. The van der Waals surface area contributed by atoms with Gasteiger partial charge in [-0.05, 0) is 42.8 Å². The predicted octanol–water partition coefficient (Wildman–Crippen LogP) is 4.46. The van der Waals surface area contributed by atoms with E-state index >= 15 is 0 Å². The van der Waals surface area contributed by atoms with Gasteiger partial charge in [0.2, 0.25) is 5.91 Å². The number of fused-ring (bicyclic) bond motifs is 1. The van der Waals surface area contributed by atoms with Crippen LogP contribution in [0.2, 0.25) is 0 Å². The van der Waals surface area contributed by atoms with Gasteiger partial charge >= 0.3 is 0 Å². The Balaban J connectivity index is 1.58. The summed E-state index contributed by atoms with van der Waals surface area (Å²) in [7, 11) is 0. The number of nitrogens with zero attached hydrogens (tertiary/aromatic N) is 2. The Bertz CT molecular complexity index is 1170. The molecule has 1 atom stereocenters. The number of thioether (sulfide) groups is 1. The summed E-state index contributed by atoms with van der Waals surface area (Å²) in [6, 6.07) is 9.65. The lowest BCUT2D eigenvalue weighted by atomic mass is 10.1. The Kier molecular flexibility index (Phi) is 6.18. The summed E-state index contributed by atoms with van der Waals surface area (Å²) in [5.74, 6) is -3.85. The number of aromatic nitrogens is 1. The number of benzene rings is 2. The van der Waals surface area contributed by atoms with Crippen molar-refractivity contribution in [1.82, 2.24) is 10.3 Å². The number of nitrogens with one attached hydrogen (secondary N) is 1. The third kappa shape index (κ3) is 4.47. The molecule has 0 aliphatic carbocycles. The molecule has 1 aromatic heterocycles. The molecule has 4 rings (SSSR count). The summed E-state index contributed by atoms with van der Waals surface area (Å²) in [5, 5.41) is 2.16. The van der Waals surface area contributed by atoms with E-state index in [1.165, 1.54) is 11.8 Å². The molecule has 1 unspecified atom stereocenters. The smallest absolute Gasteiger partial charge is 0.251 e. The second-order valence-electron chi connectivity index (χ2n) is 7.25. The lowest BCUT2D eigenvalue weighted by Gasteiger charge is -2.32. The zero-order valence-electron chi connectivity index (χ0n) is 16.9. The fourth-order valence-corrected chi connectivity index (χ4v) is 4.44. The molecule has 2 amide bonds. The van der Waals surface area contributed by atoms with Crippen molar-refractivity contribution in [2.45, 2.75) is 30.2 Å². The lowest BCUT2D eigenvalue weighted by Crippen LogP contribution is -2.39. The molecule has 1 aliphatic rings. The van der Waals surface area contributed by atoms with Crippen LogP contribution in [0.4, 0.5) is 18.9 Å². The van der Waals surface area contributed by atoms with E-state index in [4.69, 9.17) is 0 Å². The summed E-state index contributed by atoms with van der Waals surface area (Å²) < 4.78 is 40.8. The molecule has 0 spiro atoms. The van der Waals surface area contributed by atoms with Crippen LogP contribution in [0, 0.1) is 17.5 Å². The van der Waals surface area contributed by atoms with E-state index in [9.17, 15) is 22.8 Å². The standard InChI is InChI=1S/C23H18F3N3O2S/c1-13-23(31)29(12-14-4-6-27-7-5-14)20-8-15(2-3-21(20)32-13)22(30)28-11-17-18(25)9-16(24)10-19(17)26/h2-10,13H,11-12H2,1H3,(H,28,30). The molecule has 32 heavy (non-hydrogen) atoms. The van der Waals surface area contributed by atoms with Crippen molar-refractivity contribution >= 4 is 29.3 Å². The number of amides is 2. The molecule has 0 radical (unpaired) electrons. The van der Waals surface area contributed by atoms with Gasteiger partial charge in [-0.25, -0.2) is 13.2 Å². The number of carbonyl (C=O) groups excluding carboxylic acids is 2. The number of halogens is 3. The number of anilines is 1. The monoisotopic (exact) mass is 457 g/mol. The minimum atomic E-state index is -1.08. The number of pyridine rings is 1. The van der Waals surface area contributed by atoms with E-state index in [1.807, 2.05) is 19.1 Å². The summed E-state index contributed by atoms with van der Waals surface area (Å²) in [5.41, 5.74) is 1.27. The third-order valence-electron chi connectivity index (χ3n) is 5.05. The number of rotatable bonds is 5. The maximum absolute atomic E-state index is 13.8. The lowest BCUT2D eigenvalue weighted by molar-refractivity contribution is -0.118. The molecule has 2 aromatic carbocycles. The Labute approximate surface area is 186 Å². The molecule has 0 saturated heterocycles. The normalized spacial score (nSPS) is 15.4. The van der Waals surface area contributed by atoms with Crippen molar-refractivity contribution in [3.8, 4) is 0 Å². The fraction of sp³-hybridized carbons (Fsp3) is 0.174. The maximum Gasteiger partial charge on any atom is 0.251 e. The van der Waals surface area contributed by atoms with E-state index in [0.717, 1.165) is 10.5 Å². The summed E-state index contributed by atoms with van der Waals surface area (Å²) in [4.78, 5) is 32.0. The Morgan fingerprint density at radius 3 is 2.47 bits per heavy atom. The van der Waals surface area contributed by atoms with Gasteiger partial charge in [0.1, 0.15) is 17.5 Å². The molecule has 5 nitrogen and oxygen atoms in total. The van der Waals surface area contributed by atoms with Gasteiger partial charge in [0.05, 0.1) is 17.5 Å². The van der Waals surface area contributed by atoms with E-state index in [0.29, 0.717) is 24.4 Å². The first kappa shape index (κ1) is 21.9. The number of hydrogen-bond donors (Lipinski definition) is 1. The topological polar surface area (TPSA) is 62.3 Å². The minimum absolute atomic E-state index is 0.0904. The highest BCUT2D eigenvalue weighted by atomic mass is 32.2. The molecule has 2 heterocycles. The van der Waals surface area contributed by atoms with Crippen LogP contribution in [0.1, 0.15) is 28.4 Å². The molecule has 1 N–H and O–H groups in total. The van der Waals surface area contributed by atoms with Crippen LogP contribution in [0.3, 0.4) is 0 Å². The summed E-state index contributed by atoms with van der Waals surface area (Å²) >= 11 is 1.40. The van der Waals surface area contributed by atoms with Gasteiger partial charge in [-0.15, -0.1) is 11.8 Å². The van der Waals surface area contributed by atoms with Gasteiger partial charge in [-0.2, -0.15) is 0 Å². The molecular formula is C23H18F3N3O2S. The Hall–Kier alpha value is -3.33. The highest BCUT2D eigenvalue weighted by Gasteiger charge is 2.31. The predicted molar refractivity (Wildman–Crippen MR) is 115 cm³/mol. The van der Waals surface area contributed by atoms with Crippen molar-refractivity contribution < 1.29 is 22.8 Å². The van der Waals surface area contributed by atoms with Crippen molar-refractivity contribution in [2.24, 2.45) is 0 Å². The van der Waals surface area contributed by atoms with Crippen LogP contribution in [0.5, 0.6) is 0 Å². The minimum Gasteiger partial charge on any atom is -0.348 e. The van der Waals surface area contributed by atoms with Crippen molar-refractivity contribution in [1.29, 1.82) is 0 Å². The first-order valence-corrected chi connectivity index (χ1v) is 10.6. The Morgan fingerprint density at radius 1 is 1.09 bits per heavy atom. The number of hydrogen-bond acceptors (Lipinski definition) is 4. The highest BCUT2D eigenvalue weighted by molar-refractivity contribution is 8.01. The van der Waals surface area contributed by atoms with Crippen LogP contribution < -0.4 is 10.2 Å². The van der Waals surface area contributed by atoms with Gasteiger partial charge in [-0.1, -0.05) is 0 Å². The molecule has 3 aromatic rings. The highest BCUT2D eigenvalue weighted by Crippen LogP contribution is 2.40. The van der Waals surface area contributed by atoms with Crippen LogP contribution >= 0.6 is 11.8 Å². The molecule has 9 heteroatoms. The first-order chi connectivity index (χ1) is 15.3. The second-order valence-corrected chi connectivity index (χ2v) is 8.64. The molecule has 0 bridgehead atoms. The largest absolute Gasteiger partial charge is 0.348 e. The van der Waals surface area contributed by atoms with Crippen LogP contribution in [0.25, 0.3) is 0 Å². The van der Waals surface area contributed by atoms with Crippen molar-refractivity contribution in [3.05, 3.63) is 89.0 Å². The van der Waals surface area contributed by atoms with E-state index in [-0.39, 0.29) is 16.7 Å². The zero-order chi connectivity index (χ0) is 22.8. The third-order valence-corrected chi connectivity index (χ3v) is 6.21. The van der Waals surface area contributed by atoms with Gasteiger partial charge in [-0.3, -0.25) is 14.6 Å². The molecule has 164 valence electrons. The van der Waals surface area contributed by atoms with Crippen LogP contribution in [-0.2, 0) is 17.9 Å². The van der Waals surface area contributed by atoms with E-state index < -0.39 is 35.5 Å². The quantitative estimate of drug-likeness (QED) is 0.615. The average molecular weight is 457 g/mol. The van der Waals surface area contributed by atoms with Gasteiger partial charge in [0, 0.05) is 47.1 Å². The van der Waals surface area contributed by atoms with Gasteiger partial charge in [0.15, 0.2) is 0 Å². The van der Waals surface area contributed by atoms with Crippen molar-refractivity contribution in [2.75, 3.05) is 4.90 Å². The van der Waals surface area contributed by atoms with E-state index in [2.05, 4.69) is 10.3 Å². The van der Waals surface area contributed by atoms with E-state index in [1.54, 1.807) is 35.5 Å². The Morgan fingerprint density at radius 2 is 1.78 bits per heavy atom. The molecule has 0 saturated carbocycles. The SMILES string of the molecule is CC1Sc2ccc(C(=O)NCc3c(F)cc(F)cc3F)cc2N(Cc2ccncc2)C1=O. The fourth-order valence-electron chi connectivity index (χ4n) is 3.39. The van der Waals surface area contributed by atoms with Gasteiger partial charge in [0.25, 0.3) is 5.91 Å². The summed E-state index contributed by atoms with van der Waals surface area (Å²) in [6.07, 6.45) is 3.28. The van der Waals surface area contributed by atoms with Crippen molar-refractivity contribution in [3.63, 3.8) is 0 Å². The second kappa shape index (κ2) is 9.04. The first-order valence-electron chi connectivity index (χ1n) is 9.76. The number of carbonyl (C=O) groups is 2. The maximum atomic E-state index is 13.8. The molecule has 0 fully saturated rings. The molecule has 1 aliphatic heterocycles.